The van der Waals surface area contributed by atoms with E-state index in [1.54, 1.807) is 18.6 Å². The fourth-order valence-electron chi connectivity index (χ4n) is 3.92. The lowest BCUT2D eigenvalue weighted by atomic mass is 9.67. The number of carbonyl (C=O) groups excluding carboxylic acids is 2. The summed E-state index contributed by atoms with van der Waals surface area (Å²) < 4.78 is 3.03. The van der Waals surface area contributed by atoms with Gasteiger partial charge in [-0.2, -0.15) is 0 Å². The van der Waals surface area contributed by atoms with Crippen LogP contribution in [0, 0.1) is 10.8 Å². The summed E-state index contributed by atoms with van der Waals surface area (Å²) in [6.45, 7) is 14.8. The van der Waals surface area contributed by atoms with Crippen molar-refractivity contribution in [2.75, 3.05) is 7.05 Å². The van der Waals surface area contributed by atoms with Crippen LogP contribution in [0.5, 0.6) is 0 Å². The van der Waals surface area contributed by atoms with Crippen LogP contribution in [-0.4, -0.2) is 29.0 Å². The molecule has 2 atom stereocenters. The van der Waals surface area contributed by atoms with Crippen molar-refractivity contribution in [3.8, 4) is 0 Å². The number of hydrogen-bond acceptors (Lipinski definition) is 3. The Kier molecular flexibility index (Phi) is 7.03. The van der Waals surface area contributed by atoms with E-state index < -0.39 is 5.41 Å². The van der Waals surface area contributed by atoms with Crippen LogP contribution in [0.1, 0.15) is 79.7 Å². The van der Waals surface area contributed by atoms with Crippen molar-refractivity contribution in [2.24, 2.45) is 15.8 Å². The van der Waals surface area contributed by atoms with Crippen LogP contribution in [0.25, 0.3) is 0 Å². The molecule has 164 valence electrons. The molecular formula is C22H38N4O2S. The number of urea groups is 1. The highest BCUT2D eigenvalue weighted by Gasteiger charge is 2.56. The van der Waals surface area contributed by atoms with E-state index in [2.05, 4.69) is 67.3 Å². The molecule has 1 heterocycles. The normalized spacial score (nSPS) is 24.6. The zero-order valence-corrected chi connectivity index (χ0v) is 20.1. The van der Waals surface area contributed by atoms with E-state index in [0.717, 1.165) is 35.9 Å². The SMILES string of the molecule is CCCCc1cn(C(C)(C)C)sc1=NC(=O)C1(C)CCC(NC(=O)NC)C1(C)C. The third kappa shape index (κ3) is 4.76. The van der Waals surface area contributed by atoms with Gasteiger partial charge in [0.1, 0.15) is 4.67 Å². The van der Waals surface area contributed by atoms with Gasteiger partial charge in [-0.05, 0) is 63.4 Å². The Morgan fingerprint density at radius 3 is 2.52 bits per heavy atom. The summed E-state index contributed by atoms with van der Waals surface area (Å²) in [4.78, 5) is 29.9. The first-order valence-corrected chi connectivity index (χ1v) is 11.4. The zero-order valence-electron chi connectivity index (χ0n) is 19.3. The van der Waals surface area contributed by atoms with E-state index in [4.69, 9.17) is 0 Å². The molecule has 1 fully saturated rings. The van der Waals surface area contributed by atoms with E-state index >= 15 is 0 Å². The predicted octanol–water partition coefficient (Wildman–Crippen LogP) is 4.20. The lowest BCUT2D eigenvalue weighted by molar-refractivity contribution is -0.131. The molecule has 1 aliphatic rings. The first kappa shape index (κ1) is 23.6. The van der Waals surface area contributed by atoms with Crippen molar-refractivity contribution >= 4 is 23.5 Å². The van der Waals surface area contributed by atoms with Crippen LogP contribution >= 0.6 is 11.5 Å². The Labute approximate surface area is 179 Å². The minimum atomic E-state index is -0.614. The minimum absolute atomic E-state index is 0.0402. The third-order valence-electron chi connectivity index (χ3n) is 6.63. The Morgan fingerprint density at radius 1 is 1.31 bits per heavy atom. The lowest BCUT2D eigenvalue weighted by Crippen LogP contribution is -2.51. The van der Waals surface area contributed by atoms with Crippen LogP contribution in [0.3, 0.4) is 0 Å². The van der Waals surface area contributed by atoms with Gasteiger partial charge < -0.3 is 10.6 Å². The number of unbranched alkanes of at least 4 members (excludes halogenated alkanes) is 1. The molecule has 0 aliphatic heterocycles. The van der Waals surface area contributed by atoms with Gasteiger partial charge in [0.25, 0.3) is 5.91 Å². The van der Waals surface area contributed by atoms with Crippen LogP contribution in [-0.2, 0) is 16.8 Å². The van der Waals surface area contributed by atoms with Gasteiger partial charge in [-0.1, -0.05) is 34.1 Å². The molecule has 1 saturated carbocycles. The first-order valence-electron chi connectivity index (χ1n) is 10.7. The highest BCUT2D eigenvalue weighted by molar-refractivity contribution is 7.04. The maximum atomic E-state index is 13.4. The average molecular weight is 423 g/mol. The van der Waals surface area contributed by atoms with E-state index in [0.29, 0.717) is 6.42 Å². The lowest BCUT2D eigenvalue weighted by Gasteiger charge is -2.39. The summed E-state index contributed by atoms with van der Waals surface area (Å²) in [7, 11) is 1.61. The molecular weight excluding hydrogens is 384 g/mol. The van der Waals surface area contributed by atoms with E-state index in [-0.39, 0.29) is 28.9 Å². The molecule has 2 unspecified atom stereocenters. The topological polar surface area (TPSA) is 75.5 Å². The van der Waals surface area contributed by atoms with Crippen molar-refractivity contribution in [1.29, 1.82) is 0 Å². The van der Waals surface area contributed by atoms with Crippen LogP contribution in [0.2, 0.25) is 0 Å². The molecule has 1 aliphatic carbocycles. The van der Waals surface area contributed by atoms with Crippen molar-refractivity contribution in [2.45, 2.75) is 92.2 Å². The molecule has 2 rings (SSSR count). The van der Waals surface area contributed by atoms with Crippen molar-refractivity contribution in [3.05, 3.63) is 16.4 Å². The fraction of sp³-hybridized carbons (Fsp3) is 0.773. The number of carbonyl (C=O) groups is 2. The van der Waals surface area contributed by atoms with E-state index in [9.17, 15) is 9.59 Å². The molecule has 7 heteroatoms. The third-order valence-corrected chi connectivity index (χ3v) is 8.00. The van der Waals surface area contributed by atoms with Crippen LogP contribution in [0.15, 0.2) is 11.2 Å². The van der Waals surface area contributed by atoms with Gasteiger partial charge in [-0.3, -0.25) is 8.75 Å². The maximum Gasteiger partial charge on any atom is 0.314 e. The monoisotopic (exact) mass is 422 g/mol. The Morgan fingerprint density at radius 2 is 1.97 bits per heavy atom. The second kappa shape index (κ2) is 8.62. The molecule has 0 saturated heterocycles. The Balaban J connectivity index is 2.40. The van der Waals surface area contributed by atoms with Crippen molar-refractivity contribution in [3.63, 3.8) is 0 Å². The van der Waals surface area contributed by atoms with Crippen LogP contribution < -0.4 is 15.3 Å². The fourth-order valence-corrected chi connectivity index (χ4v) is 4.95. The van der Waals surface area contributed by atoms with Crippen molar-refractivity contribution < 1.29 is 9.59 Å². The minimum Gasteiger partial charge on any atom is -0.341 e. The van der Waals surface area contributed by atoms with Crippen LogP contribution in [0.4, 0.5) is 4.79 Å². The standard InChI is InChI=1S/C22H38N4O2S/c1-9-10-11-15-14-26(20(2,3)4)29-17(15)25-18(27)22(7)13-12-16(21(22,5)6)24-19(28)23-8/h14,16H,9-13H2,1-8H3,(H2,23,24,28). The first-order chi connectivity index (χ1) is 13.4. The molecule has 2 N–H and O–H groups in total. The molecule has 0 radical (unpaired) electrons. The second-order valence-corrected chi connectivity index (χ2v) is 10.9. The molecule has 6 nitrogen and oxygen atoms in total. The Bertz CT molecular complexity index is 816. The van der Waals surface area contributed by atoms with Gasteiger partial charge in [0, 0.05) is 30.4 Å². The summed E-state index contributed by atoms with van der Waals surface area (Å²) in [6.07, 6.45) is 6.77. The van der Waals surface area contributed by atoms with Gasteiger partial charge in [0.05, 0.1) is 5.41 Å². The highest BCUT2D eigenvalue weighted by Crippen LogP contribution is 2.53. The predicted molar refractivity (Wildman–Crippen MR) is 119 cm³/mol. The number of aryl methyl sites for hydroxylation is 1. The molecule has 29 heavy (non-hydrogen) atoms. The number of aromatic nitrogens is 1. The van der Waals surface area contributed by atoms with E-state index in [1.807, 2.05) is 6.92 Å². The molecule has 1 aromatic rings. The van der Waals surface area contributed by atoms with Gasteiger partial charge in [-0.15, -0.1) is 0 Å². The zero-order chi connectivity index (χ0) is 22.0. The summed E-state index contributed by atoms with van der Waals surface area (Å²) >= 11 is 1.57. The number of amides is 3. The smallest absolute Gasteiger partial charge is 0.314 e. The molecule has 0 spiro atoms. The number of hydrogen-bond donors (Lipinski definition) is 2. The largest absolute Gasteiger partial charge is 0.341 e. The average Bonchev–Trinajstić information content (AvgIpc) is 3.14. The summed E-state index contributed by atoms with van der Waals surface area (Å²) in [5.74, 6) is -0.0793. The van der Waals surface area contributed by atoms with Gasteiger partial charge in [-0.25, -0.2) is 9.79 Å². The quantitative estimate of drug-likeness (QED) is 0.746. The number of nitrogens with one attached hydrogen (secondary N) is 2. The summed E-state index contributed by atoms with van der Waals surface area (Å²) in [5, 5.41) is 5.62. The van der Waals surface area contributed by atoms with E-state index in [1.165, 1.54) is 0 Å². The second-order valence-electron chi connectivity index (χ2n) is 9.94. The summed E-state index contributed by atoms with van der Waals surface area (Å²) in [5.41, 5.74) is 0.110. The van der Waals surface area contributed by atoms with Gasteiger partial charge in [0.2, 0.25) is 0 Å². The number of rotatable bonds is 5. The maximum absolute atomic E-state index is 13.4. The molecule has 3 amide bonds. The van der Waals surface area contributed by atoms with Gasteiger partial charge >= 0.3 is 6.03 Å². The molecule has 1 aromatic heterocycles. The molecule has 0 aromatic carbocycles. The Hall–Kier alpha value is -1.63. The summed E-state index contributed by atoms with van der Waals surface area (Å²) in [6, 6.07) is -0.267. The molecule has 0 bridgehead atoms. The van der Waals surface area contributed by atoms with Gasteiger partial charge in [0.15, 0.2) is 0 Å². The number of nitrogens with zero attached hydrogens (tertiary/aromatic N) is 2. The highest BCUT2D eigenvalue weighted by atomic mass is 32.1. The van der Waals surface area contributed by atoms with Crippen molar-refractivity contribution in [1.82, 2.24) is 14.6 Å².